The van der Waals surface area contributed by atoms with Crippen LogP contribution in [0.2, 0.25) is 0 Å². The number of hydrogen-bond acceptors (Lipinski definition) is 3. The largest absolute Gasteiger partial charge is 0.399 e. The number of sulfonamides is 1. The van der Waals surface area contributed by atoms with Crippen molar-refractivity contribution in [3.63, 3.8) is 0 Å². The van der Waals surface area contributed by atoms with Crippen molar-refractivity contribution in [1.82, 2.24) is 0 Å². The second-order valence-electron chi connectivity index (χ2n) is 3.92. The minimum absolute atomic E-state index is 0.0862. The molecule has 8 heteroatoms. The molecule has 0 radical (unpaired) electrons. The number of nitrogen functional groups attached to an aromatic ring is 1. The van der Waals surface area contributed by atoms with Gasteiger partial charge in [-0.25, -0.2) is 17.2 Å². The van der Waals surface area contributed by atoms with Gasteiger partial charge < -0.3 is 5.73 Å². The molecular formula is C12H9BrF2N2O2S. The molecule has 0 saturated carbocycles. The molecule has 2 rings (SSSR count). The topological polar surface area (TPSA) is 72.2 Å². The maximum Gasteiger partial charge on any atom is 0.264 e. The number of rotatable bonds is 3. The molecule has 0 aliphatic heterocycles. The zero-order valence-corrected chi connectivity index (χ0v) is 12.3. The molecule has 3 N–H and O–H groups in total. The molecule has 0 spiro atoms. The monoisotopic (exact) mass is 362 g/mol. The van der Waals surface area contributed by atoms with E-state index in [0.717, 1.165) is 18.2 Å². The summed E-state index contributed by atoms with van der Waals surface area (Å²) in [5.41, 5.74) is 5.23. The zero-order valence-electron chi connectivity index (χ0n) is 9.90. The highest BCUT2D eigenvalue weighted by molar-refractivity contribution is 9.10. The number of benzene rings is 2. The van der Waals surface area contributed by atoms with Crippen molar-refractivity contribution in [2.45, 2.75) is 4.90 Å². The maximum atomic E-state index is 13.6. The maximum absolute atomic E-state index is 13.6. The van der Waals surface area contributed by atoms with Gasteiger partial charge in [-0.05, 0) is 36.4 Å². The Bertz CT molecular complexity index is 766. The molecule has 0 saturated heterocycles. The lowest BCUT2D eigenvalue weighted by Crippen LogP contribution is -2.15. The van der Waals surface area contributed by atoms with E-state index in [-0.39, 0.29) is 11.4 Å². The van der Waals surface area contributed by atoms with E-state index in [4.69, 9.17) is 5.73 Å². The molecule has 0 fully saturated rings. The van der Waals surface area contributed by atoms with E-state index in [2.05, 4.69) is 15.9 Å². The van der Waals surface area contributed by atoms with Crippen molar-refractivity contribution in [2.75, 3.05) is 10.5 Å². The normalized spacial score (nSPS) is 11.3. The molecule has 0 heterocycles. The lowest BCUT2D eigenvalue weighted by atomic mass is 10.3. The summed E-state index contributed by atoms with van der Waals surface area (Å²) in [6.45, 7) is 0. The third-order valence-electron chi connectivity index (χ3n) is 2.42. The fourth-order valence-corrected chi connectivity index (χ4v) is 3.01. The summed E-state index contributed by atoms with van der Waals surface area (Å²) in [7, 11) is -4.26. The van der Waals surface area contributed by atoms with Gasteiger partial charge in [-0.2, -0.15) is 0 Å². The van der Waals surface area contributed by atoms with Gasteiger partial charge in [0.15, 0.2) is 0 Å². The number of nitrogens with two attached hydrogens (primary N) is 1. The van der Waals surface area contributed by atoms with Gasteiger partial charge in [-0.1, -0.05) is 15.9 Å². The average molecular weight is 363 g/mol. The van der Waals surface area contributed by atoms with Crippen molar-refractivity contribution in [1.29, 1.82) is 0 Å². The van der Waals surface area contributed by atoms with Crippen LogP contribution in [0.3, 0.4) is 0 Å². The number of hydrogen-bond donors (Lipinski definition) is 2. The van der Waals surface area contributed by atoms with Crippen LogP contribution in [0.4, 0.5) is 20.2 Å². The first-order chi connectivity index (χ1) is 9.29. The molecule has 0 aromatic heterocycles. The Balaban J connectivity index is 2.43. The highest BCUT2D eigenvalue weighted by atomic mass is 79.9. The first-order valence-electron chi connectivity index (χ1n) is 5.32. The highest BCUT2D eigenvalue weighted by Gasteiger charge is 2.21. The highest BCUT2D eigenvalue weighted by Crippen LogP contribution is 2.24. The van der Waals surface area contributed by atoms with E-state index in [1.54, 1.807) is 0 Å². The summed E-state index contributed by atoms with van der Waals surface area (Å²) in [6, 6.07) is 6.90. The van der Waals surface area contributed by atoms with Crippen molar-refractivity contribution >= 4 is 37.3 Å². The molecule has 4 nitrogen and oxygen atoms in total. The molecule has 2 aromatic rings. The van der Waals surface area contributed by atoms with Crippen LogP contribution in [0.1, 0.15) is 0 Å². The minimum atomic E-state index is -4.26. The molecule has 0 amide bonds. The molecule has 106 valence electrons. The fraction of sp³-hybridized carbons (Fsp3) is 0. The summed E-state index contributed by atoms with van der Waals surface area (Å²) in [5, 5.41) is 0. The molecule has 0 atom stereocenters. The fourth-order valence-electron chi connectivity index (χ4n) is 1.50. The van der Waals surface area contributed by atoms with E-state index in [1.165, 1.54) is 18.2 Å². The second kappa shape index (κ2) is 5.37. The van der Waals surface area contributed by atoms with Gasteiger partial charge in [0.2, 0.25) is 0 Å². The summed E-state index contributed by atoms with van der Waals surface area (Å²) in [5.74, 6) is -1.75. The first kappa shape index (κ1) is 14.7. The zero-order chi connectivity index (χ0) is 14.9. The SMILES string of the molecule is Nc1ccc(F)c(S(=O)(=O)Nc2ccc(Br)cc2F)c1. The predicted molar refractivity (Wildman–Crippen MR) is 75.7 cm³/mol. The van der Waals surface area contributed by atoms with Crippen LogP contribution < -0.4 is 10.5 Å². The minimum Gasteiger partial charge on any atom is -0.399 e. The number of halogens is 3. The van der Waals surface area contributed by atoms with Gasteiger partial charge in [0.05, 0.1) is 5.69 Å². The summed E-state index contributed by atoms with van der Waals surface area (Å²) in [6.07, 6.45) is 0. The van der Waals surface area contributed by atoms with Gasteiger partial charge in [-0.15, -0.1) is 0 Å². The smallest absolute Gasteiger partial charge is 0.264 e. The van der Waals surface area contributed by atoms with Crippen molar-refractivity contribution in [3.05, 3.63) is 52.5 Å². The van der Waals surface area contributed by atoms with Gasteiger partial charge >= 0.3 is 0 Å². The Morgan fingerprint density at radius 1 is 1.05 bits per heavy atom. The standard InChI is InChI=1S/C12H9BrF2N2O2S/c13-7-1-4-11(10(15)5-7)17-20(18,19)12-6-8(16)2-3-9(12)14/h1-6,17H,16H2. The molecular weight excluding hydrogens is 354 g/mol. The van der Waals surface area contributed by atoms with Crippen molar-refractivity contribution in [3.8, 4) is 0 Å². The van der Waals surface area contributed by atoms with Gasteiger partial charge in [0.1, 0.15) is 16.5 Å². The van der Waals surface area contributed by atoms with E-state index in [1.807, 2.05) is 4.72 Å². The second-order valence-corrected chi connectivity index (χ2v) is 6.49. The van der Waals surface area contributed by atoms with Crippen LogP contribution in [0.25, 0.3) is 0 Å². The molecule has 0 bridgehead atoms. The van der Waals surface area contributed by atoms with E-state index < -0.39 is 26.6 Å². The summed E-state index contributed by atoms with van der Waals surface area (Å²) >= 11 is 3.05. The Morgan fingerprint density at radius 2 is 1.75 bits per heavy atom. The lowest BCUT2D eigenvalue weighted by molar-refractivity contribution is 0.569. The molecule has 0 aliphatic carbocycles. The third-order valence-corrected chi connectivity index (χ3v) is 4.29. The molecule has 2 aromatic carbocycles. The Labute approximate surface area is 122 Å². The Kier molecular flexibility index (Phi) is 3.96. The van der Waals surface area contributed by atoms with Crippen LogP contribution in [-0.2, 0) is 10.0 Å². The van der Waals surface area contributed by atoms with Crippen LogP contribution in [-0.4, -0.2) is 8.42 Å². The average Bonchev–Trinajstić information content (AvgIpc) is 2.35. The summed E-state index contributed by atoms with van der Waals surface area (Å²) < 4.78 is 53.6. The number of nitrogens with one attached hydrogen (secondary N) is 1. The van der Waals surface area contributed by atoms with Crippen LogP contribution in [0, 0.1) is 11.6 Å². The predicted octanol–water partition coefficient (Wildman–Crippen LogP) is 3.11. The van der Waals surface area contributed by atoms with Crippen LogP contribution in [0.5, 0.6) is 0 Å². The van der Waals surface area contributed by atoms with Crippen molar-refractivity contribution < 1.29 is 17.2 Å². The lowest BCUT2D eigenvalue weighted by Gasteiger charge is -2.10. The van der Waals surface area contributed by atoms with E-state index in [0.29, 0.717) is 4.47 Å². The van der Waals surface area contributed by atoms with Crippen molar-refractivity contribution in [2.24, 2.45) is 0 Å². The van der Waals surface area contributed by atoms with Gasteiger partial charge in [-0.3, -0.25) is 4.72 Å². The van der Waals surface area contributed by atoms with Gasteiger partial charge in [0.25, 0.3) is 10.0 Å². The third kappa shape index (κ3) is 3.07. The van der Waals surface area contributed by atoms with Crippen LogP contribution >= 0.6 is 15.9 Å². The Morgan fingerprint density at radius 3 is 2.40 bits per heavy atom. The van der Waals surface area contributed by atoms with Gasteiger partial charge in [0, 0.05) is 10.2 Å². The first-order valence-corrected chi connectivity index (χ1v) is 7.60. The Hall–Kier alpha value is -1.67. The summed E-state index contributed by atoms with van der Waals surface area (Å²) in [4.78, 5) is -0.639. The molecule has 0 unspecified atom stereocenters. The van der Waals surface area contributed by atoms with E-state index in [9.17, 15) is 17.2 Å². The quantitative estimate of drug-likeness (QED) is 0.824. The van der Waals surface area contributed by atoms with E-state index >= 15 is 0 Å². The van der Waals surface area contributed by atoms with Crippen LogP contribution in [0.15, 0.2) is 45.8 Å². The molecule has 20 heavy (non-hydrogen) atoms. The molecule has 0 aliphatic rings. The number of anilines is 2.